The Morgan fingerprint density at radius 3 is 2.67 bits per heavy atom. The Balaban J connectivity index is 1.08. The van der Waals surface area contributed by atoms with Gasteiger partial charge in [0, 0.05) is 36.2 Å². The summed E-state index contributed by atoms with van der Waals surface area (Å²) in [4.78, 5) is 21.1. The quantitative estimate of drug-likeness (QED) is 0.556. The predicted molar refractivity (Wildman–Crippen MR) is 126 cm³/mol. The molecule has 1 atom stereocenters. The number of nitrogens with zero attached hydrogens (tertiary/aromatic N) is 3. The molecule has 36 heavy (non-hydrogen) atoms. The molecule has 0 amide bonds. The van der Waals surface area contributed by atoms with Gasteiger partial charge in [0.05, 0.1) is 47.9 Å². The summed E-state index contributed by atoms with van der Waals surface area (Å²) >= 11 is 0. The highest BCUT2D eigenvalue weighted by Gasteiger charge is 2.55. The Hall–Kier alpha value is -3.08. The maximum absolute atomic E-state index is 15.0. The largest absolute Gasteiger partial charge is 0.486 e. The monoisotopic (exact) mass is 494 g/mol. The van der Waals surface area contributed by atoms with Crippen LogP contribution in [0.3, 0.4) is 0 Å². The van der Waals surface area contributed by atoms with Crippen LogP contribution in [0.5, 0.6) is 11.5 Å². The van der Waals surface area contributed by atoms with Crippen LogP contribution in [0.2, 0.25) is 0 Å². The van der Waals surface area contributed by atoms with E-state index >= 15 is 0 Å². The van der Waals surface area contributed by atoms with Crippen molar-refractivity contribution in [3.63, 3.8) is 0 Å². The minimum atomic E-state index is -1.53. The summed E-state index contributed by atoms with van der Waals surface area (Å²) in [5, 5.41) is 15.4. The number of aliphatic hydroxyl groups is 1. The molecule has 1 aliphatic carbocycles. The van der Waals surface area contributed by atoms with E-state index in [0.29, 0.717) is 43.1 Å². The van der Waals surface area contributed by atoms with Gasteiger partial charge in [-0.25, -0.2) is 4.39 Å². The van der Waals surface area contributed by atoms with Crippen LogP contribution >= 0.6 is 0 Å². The normalized spacial score (nSPS) is 30.2. The lowest BCUT2D eigenvalue weighted by Crippen LogP contribution is -2.62. The van der Waals surface area contributed by atoms with Gasteiger partial charge in [0.15, 0.2) is 11.5 Å². The summed E-state index contributed by atoms with van der Waals surface area (Å²) in [6.07, 6.45) is 6.27. The van der Waals surface area contributed by atoms with Crippen molar-refractivity contribution in [3.05, 3.63) is 58.0 Å². The van der Waals surface area contributed by atoms with E-state index in [1.165, 1.54) is 10.6 Å². The molecule has 0 unspecified atom stereocenters. The second-order valence-electron chi connectivity index (χ2n) is 10.6. The van der Waals surface area contributed by atoms with E-state index in [4.69, 9.17) is 14.2 Å². The third-order valence-corrected chi connectivity index (χ3v) is 8.36. The van der Waals surface area contributed by atoms with Crippen molar-refractivity contribution in [1.82, 2.24) is 19.9 Å². The third kappa shape index (κ3) is 3.35. The van der Waals surface area contributed by atoms with Crippen LogP contribution in [0.4, 0.5) is 4.39 Å². The van der Waals surface area contributed by atoms with Gasteiger partial charge < -0.3 is 29.2 Å². The van der Waals surface area contributed by atoms with Crippen molar-refractivity contribution in [2.75, 3.05) is 19.8 Å². The number of rotatable bonds is 5. The van der Waals surface area contributed by atoms with Gasteiger partial charge in [-0.2, -0.15) is 0 Å². The summed E-state index contributed by atoms with van der Waals surface area (Å²) in [5.41, 5.74) is -0.623. The fraction of sp³-hybridized carbons (Fsp3) is 0.500. The number of halogens is 1. The SMILES string of the molecule is O=c1ccc2ncc(F)c3c2n1C[C@@]3(O)CC12CCC(NCc3cc4c(cn3)OCCO4)(CC1)CO2. The average molecular weight is 495 g/mol. The molecule has 2 N–H and O–H groups in total. The van der Waals surface area contributed by atoms with Gasteiger partial charge in [-0.15, -0.1) is 0 Å². The molecule has 188 valence electrons. The van der Waals surface area contributed by atoms with Crippen LogP contribution in [0, 0.1) is 5.82 Å². The van der Waals surface area contributed by atoms with E-state index in [1.807, 2.05) is 6.07 Å². The second kappa shape index (κ2) is 7.71. The zero-order valence-electron chi connectivity index (χ0n) is 19.8. The molecule has 3 aromatic rings. The van der Waals surface area contributed by atoms with E-state index in [2.05, 4.69) is 15.3 Å². The van der Waals surface area contributed by atoms with Crippen LogP contribution in [-0.2, 0) is 23.4 Å². The molecular formula is C26H27FN4O5. The van der Waals surface area contributed by atoms with E-state index in [0.717, 1.165) is 43.3 Å². The van der Waals surface area contributed by atoms with Crippen LogP contribution in [0.1, 0.15) is 43.4 Å². The number of hydrogen-bond acceptors (Lipinski definition) is 8. The van der Waals surface area contributed by atoms with Gasteiger partial charge in [0.25, 0.3) is 5.56 Å². The third-order valence-electron chi connectivity index (χ3n) is 8.36. The maximum Gasteiger partial charge on any atom is 0.251 e. The highest BCUT2D eigenvalue weighted by molar-refractivity contribution is 5.81. The van der Waals surface area contributed by atoms with Crippen molar-refractivity contribution in [1.29, 1.82) is 0 Å². The highest BCUT2D eigenvalue weighted by Crippen LogP contribution is 2.51. The molecule has 10 heteroatoms. The molecule has 0 radical (unpaired) electrons. The lowest BCUT2D eigenvalue weighted by molar-refractivity contribution is -0.192. The van der Waals surface area contributed by atoms with Crippen molar-refractivity contribution in [2.45, 2.75) is 61.9 Å². The molecule has 0 spiro atoms. The lowest BCUT2D eigenvalue weighted by Gasteiger charge is -2.55. The number of nitrogens with one attached hydrogen (secondary N) is 1. The predicted octanol–water partition coefficient (Wildman–Crippen LogP) is 2.16. The molecule has 3 aromatic heterocycles. The summed E-state index contributed by atoms with van der Waals surface area (Å²) < 4.78 is 34.1. The van der Waals surface area contributed by atoms with Gasteiger partial charge in [-0.3, -0.25) is 14.8 Å². The van der Waals surface area contributed by atoms with Crippen LogP contribution in [0.15, 0.2) is 35.4 Å². The Bertz CT molecular complexity index is 1420. The topological polar surface area (TPSA) is 108 Å². The van der Waals surface area contributed by atoms with Gasteiger partial charge in [0.1, 0.15) is 24.6 Å². The second-order valence-corrected chi connectivity index (χ2v) is 10.6. The highest BCUT2D eigenvalue weighted by atomic mass is 19.1. The minimum Gasteiger partial charge on any atom is -0.486 e. The van der Waals surface area contributed by atoms with Gasteiger partial charge in [-0.05, 0) is 31.7 Å². The molecule has 2 bridgehead atoms. The van der Waals surface area contributed by atoms with Gasteiger partial charge in [0.2, 0.25) is 0 Å². The van der Waals surface area contributed by atoms with Gasteiger partial charge in [-0.1, -0.05) is 0 Å². The summed E-state index contributed by atoms with van der Waals surface area (Å²) in [6, 6.07) is 4.90. The van der Waals surface area contributed by atoms with Crippen molar-refractivity contribution < 1.29 is 23.7 Å². The summed E-state index contributed by atoms with van der Waals surface area (Å²) in [6.45, 7) is 2.14. The molecular weight excluding hydrogens is 467 g/mol. The Labute approximate surface area is 206 Å². The van der Waals surface area contributed by atoms with Crippen LogP contribution in [-0.4, -0.2) is 50.6 Å². The average Bonchev–Trinajstić information content (AvgIpc) is 3.21. The fourth-order valence-electron chi connectivity index (χ4n) is 6.44. The molecule has 5 aliphatic rings. The summed E-state index contributed by atoms with van der Waals surface area (Å²) in [5.74, 6) is 0.798. The lowest BCUT2D eigenvalue weighted by atomic mass is 9.67. The number of hydrogen-bond donors (Lipinski definition) is 2. The number of pyridine rings is 3. The minimum absolute atomic E-state index is 0.00536. The molecule has 8 rings (SSSR count). The van der Waals surface area contributed by atoms with E-state index in [-0.39, 0.29) is 29.6 Å². The molecule has 0 aromatic carbocycles. The van der Waals surface area contributed by atoms with Crippen LogP contribution < -0.4 is 20.3 Å². The van der Waals surface area contributed by atoms with E-state index in [1.54, 1.807) is 12.3 Å². The zero-order valence-corrected chi connectivity index (χ0v) is 19.8. The molecule has 4 aliphatic heterocycles. The Morgan fingerprint density at radius 1 is 1.08 bits per heavy atom. The molecule has 2 saturated heterocycles. The first-order valence-electron chi connectivity index (χ1n) is 12.4. The first kappa shape index (κ1) is 22.1. The summed E-state index contributed by atoms with van der Waals surface area (Å²) in [7, 11) is 0. The molecule has 3 fully saturated rings. The Kier molecular flexibility index (Phi) is 4.74. The molecule has 1 saturated carbocycles. The zero-order chi connectivity index (χ0) is 24.5. The number of ether oxygens (including phenoxy) is 3. The van der Waals surface area contributed by atoms with Crippen molar-refractivity contribution >= 4 is 11.0 Å². The van der Waals surface area contributed by atoms with Crippen molar-refractivity contribution in [2.24, 2.45) is 0 Å². The molecule has 7 heterocycles. The number of fused-ring (bicyclic) bond motifs is 4. The van der Waals surface area contributed by atoms with E-state index in [9.17, 15) is 14.3 Å². The fourth-order valence-corrected chi connectivity index (χ4v) is 6.44. The smallest absolute Gasteiger partial charge is 0.251 e. The Morgan fingerprint density at radius 2 is 1.89 bits per heavy atom. The first-order valence-corrected chi connectivity index (χ1v) is 12.4. The van der Waals surface area contributed by atoms with Crippen LogP contribution in [0.25, 0.3) is 11.0 Å². The maximum atomic E-state index is 15.0. The first-order chi connectivity index (χ1) is 17.4. The van der Waals surface area contributed by atoms with Gasteiger partial charge >= 0.3 is 0 Å². The van der Waals surface area contributed by atoms with E-state index < -0.39 is 17.0 Å². The molecule has 9 nitrogen and oxygen atoms in total. The van der Waals surface area contributed by atoms with Crippen molar-refractivity contribution in [3.8, 4) is 11.5 Å². The number of aromatic nitrogens is 3. The standard InChI is InChI=1S/C26H27FN4O5/c27-17-11-29-18-1-2-21(32)31-14-26(33,22(17)23(18)31)13-25-5-3-24(4-6-25,15-36-25)30-10-16-9-19-20(12-28-16)35-8-7-34-19/h1-2,9,11-12,30,33H,3-8,10,13-15H2/t24?,25?,26-/m0/s1.